The maximum atomic E-state index is 12.5. The Morgan fingerprint density at radius 3 is 2.29 bits per heavy atom. The molecule has 2 heterocycles. The molecule has 1 amide bonds. The second kappa shape index (κ2) is 8.04. The fourth-order valence-electron chi connectivity index (χ4n) is 2.55. The standard InChI is InChI=1S/C14H11Cl4N3O2.Na/c15-8-5-9(11(17)12(18)10(8)16)21-14(23)7(6-22)13(19-21)20-3-1-2-4-20;/h5-6,22H,1-4H2;/q;+1/p-1/b7-6+;. The normalized spacial score (nSPS) is 19.1. The molecule has 24 heavy (non-hydrogen) atoms. The van der Waals surface area contributed by atoms with Crippen molar-refractivity contribution >= 4 is 63.8 Å². The minimum Gasteiger partial charge on any atom is -0.877 e. The van der Waals surface area contributed by atoms with Crippen LogP contribution in [-0.4, -0.2) is 29.7 Å². The summed E-state index contributed by atoms with van der Waals surface area (Å²) in [5.74, 6) is -0.223. The van der Waals surface area contributed by atoms with E-state index in [0.717, 1.165) is 30.9 Å². The zero-order valence-corrected chi connectivity index (χ0v) is 17.7. The van der Waals surface area contributed by atoms with Gasteiger partial charge in [-0.15, -0.1) is 11.4 Å². The third-order valence-electron chi connectivity index (χ3n) is 3.69. The Morgan fingerprint density at radius 1 is 1.08 bits per heavy atom. The van der Waals surface area contributed by atoms with Crippen molar-refractivity contribution in [3.05, 3.63) is 38.0 Å². The molecule has 2 aliphatic heterocycles. The number of benzene rings is 1. The molecular formula is C14H10Cl4N3NaO2. The minimum atomic E-state index is -0.571. The predicted molar refractivity (Wildman–Crippen MR) is 90.3 cm³/mol. The van der Waals surface area contributed by atoms with Crippen molar-refractivity contribution in [3.8, 4) is 0 Å². The van der Waals surface area contributed by atoms with Gasteiger partial charge in [0.25, 0.3) is 5.91 Å². The van der Waals surface area contributed by atoms with Gasteiger partial charge in [0.15, 0.2) is 5.84 Å². The van der Waals surface area contributed by atoms with Gasteiger partial charge in [-0.3, -0.25) is 4.79 Å². The smallest absolute Gasteiger partial charge is 0.877 e. The average Bonchev–Trinajstić information content (AvgIpc) is 3.16. The number of nitrogens with zero attached hydrogens (tertiary/aromatic N) is 3. The molecule has 5 nitrogen and oxygen atoms in total. The number of carbonyl (C=O) groups is 1. The molecule has 2 aliphatic rings. The van der Waals surface area contributed by atoms with Crippen LogP contribution in [0.5, 0.6) is 0 Å². The van der Waals surface area contributed by atoms with Crippen LogP contribution in [0.25, 0.3) is 0 Å². The number of anilines is 1. The summed E-state index contributed by atoms with van der Waals surface area (Å²) < 4.78 is 0. The van der Waals surface area contributed by atoms with Crippen molar-refractivity contribution < 1.29 is 39.5 Å². The van der Waals surface area contributed by atoms with Gasteiger partial charge < -0.3 is 10.0 Å². The summed E-state index contributed by atoms with van der Waals surface area (Å²) in [7, 11) is 0. The van der Waals surface area contributed by atoms with E-state index in [2.05, 4.69) is 5.10 Å². The van der Waals surface area contributed by atoms with E-state index < -0.39 is 5.91 Å². The molecule has 1 aromatic rings. The zero-order chi connectivity index (χ0) is 16.7. The van der Waals surface area contributed by atoms with Gasteiger partial charge in [-0.2, -0.15) is 5.01 Å². The van der Waals surface area contributed by atoms with Gasteiger partial charge in [-0.1, -0.05) is 46.4 Å². The summed E-state index contributed by atoms with van der Waals surface area (Å²) >= 11 is 24.1. The SMILES string of the molecule is O=C1/C(=C/[O-])C(N2CCCC2)=NN1c1cc(Cl)c(Cl)c(Cl)c1Cl.[Na+]. The van der Waals surface area contributed by atoms with Gasteiger partial charge >= 0.3 is 29.6 Å². The number of hydrogen-bond acceptors (Lipinski definition) is 4. The maximum Gasteiger partial charge on any atom is 1.00 e. The number of halogens is 4. The minimum absolute atomic E-state index is 0. The number of rotatable bonds is 1. The Morgan fingerprint density at radius 2 is 1.71 bits per heavy atom. The summed E-state index contributed by atoms with van der Waals surface area (Å²) in [5.41, 5.74) is 0.176. The molecule has 0 saturated carbocycles. The van der Waals surface area contributed by atoms with Gasteiger partial charge in [-0.05, 0) is 18.9 Å². The molecule has 0 spiro atoms. The average molecular weight is 417 g/mol. The second-order valence-electron chi connectivity index (χ2n) is 5.09. The molecule has 1 saturated heterocycles. The van der Waals surface area contributed by atoms with Gasteiger partial charge in [-0.25, -0.2) is 0 Å². The van der Waals surface area contributed by atoms with Crippen molar-refractivity contribution in [3.63, 3.8) is 0 Å². The zero-order valence-electron chi connectivity index (χ0n) is 12.7. The van der Waals surface area contributed by atoms with E-state index in [1.165, 1.54) is 6.07 Å². The first-order valence-corrected chi connectivity index (χ1v) is 8.30. The monoisotopic (exact) mass is 415 g/mol. The molecule has 0 unspecified atom stereocenters. The Bertz CT molecular complexity index is 748. The molecule has 0 aromatic heterocycles. The van der Waals surface area contributed by atoms with Crippen molar-refractivity contribution in [2.24, 2.45) is 5.10 Å². The third-order valence-corrected chi connectivity index (χ3v) is 5.43. The van der Waals surface area contributed by atoms with Crippen LogP contribution in [-0.2, 0) is 4.79 Å². The van der Waals surface area contributed by atoms with E-state index in [0.29, 0.717) is 12.1 Å². The molecule has 1 aromatic carbocycles. The number of hydrogen-bond donors (Lipinski definition) is 0. The van der Waals surface area contributed by atoms with E-state index in [-0.39, 0.29) is 60.9 Å². The molecule has 0 aliphatic carbocycles. The molecule has 10 heteroatoms. The topological polar surface area (TPSA) is 59.0 Å². The van der Waals surface area contributed by atoms with E-state index >= 15 is 0 Å². The van der Waals surface area contributed by atoms with Crippen molar-refractivity contribution in [1.82, 2.24) is 4.90 Å². The summed E-state index contributed by atoms with van der Waals surface area (Å²) in [4.78, 5) is 14.4. The number of carbonyl (C=O) groups excluding carboxylic acids is 1. The van der Waals surface area contributed by atoms with Crippen LogP contribution in [0.2, 0.25) is 20.1 Å². The van der Waals surface area contributed by atoms with Gasteiger partial charge in [0.1, 0.15) is 0 Å². The summed E-state index contributed by atoms with van der Waals surface area (Å²) in [6.07, 6.45) is 2.48. The molecule has 1 fully saturated rings. The third kappa shape index (κ3) is 3.40. The van der Waals surface area contributed by atoms with E-state index in [1.807, 2.05) is 4.90 Å². The predicted octanol–water partition coefficient (Wildman–Crippen LogP) is 0.304. The van der Waals surface area contributed by atoms with Gasteiger partial charge in [0.2, 0.25) is 0 Å². The van der Waals surface area contributed by atoms with Gasteiger partial charge in [0, 0.05) is 13.1 Å². The quantitative estimate of drug-likeness (QED) is 0.217. The Hall–Kier alpha value is -0.140. The fourth-order valence-corrected chi connectivity index (χ4v) is 3.42. The Kier molecular flexibility index (Phi) is 6.76. The second-order valence-corrected chi connectivity index (χ2v) is 6.63. The van der Waals surface area contributed by atoms with Gasteiger partial charge in [0.05, 0.1) is 31.4 Å². The van der Waals surface area contributed by atoms with E-state index in [9.17, 15) is 9.90 Å². The van der Waals surface area contributed by atoms with Crippen LogP contribution in [0.1, 0.15) is 12.8 Å². The molecule has 122 valence electrons. The largest absolute Gasteiger partial charge is 1.00 e. The van der Waals surface area contributed by atoms with Crippen LogP contribution in [0.15, 0.2) is 23.0 Å². The van der Waals surface area contributed by atoms with E-state index in [1.54, 1.807) is 0 Å². The Labute approximate surface area is 181 Å². The van der Waals surface area contributed by atoms with E-state index in [4.69, 9.17) is 46.4 Å². The summed E-state index contributed by atoms with van der Waals surface area (Å²) in [6.45, 7) is 1.49. The summed E-state index contributed by atoms with van der Waals surface area (Å²) in [6, 6.07) is 1.40. The van der Waals surface area contributed by atoms with Crippen LogP contribution in [0, 0.1) is 0 Å². The molecule has 3 rings (SSSR count). The van der Waals surface area contributed by atoms with Crippen molar-refractivity contribution in [2.45, 2.75) is 12.8 Å². The van der Waals surface area contributed by atoms with Crippen LogP contribution >= 0.6 is 46.4 Å². The van der Waals surface area contributed by atoms with Crippen molar-refractivity contribution in [2.75, 3.05) is 18.1 Å². The molecular weight excluding hydrogens is 407 g/mol. The first-order valence-electron chi connectivity index (χ1n) is 6.79. The first-order chi connectivity index (χ1) is 11.0. The number of likely N-dealkylation sites (tertiary alicyclic amines) is 1. The molecule has 0 N–H and O–H groups in total. The Balaban J connectivity index is 0.00000208. The number of amides is 1. The summed E-state index contributed by atoms with van der Waals surface area (Å²) in [5, 5.41) is 16.9. The maximum absolute atomic E-state index is 12.5. The molecule has 0 radical (unpaired) electrons. The molecule has 0 bridgehead atoms. The first kappa shape index (κ1) is 20.2. The van der Waals surface area contributed by atoms with Crippen LogP contribution in [0.4, 0.5) is 5.69 Å². The van der Waals surface area contributed by atoms with Crippen LogP contribution in [0.3, 0.4) is 0 Å². The molecule has 0 atom stereocenters. The number of amidine groups is 1. The number of hydrazone groups is 1. The fraction of sp³-hybridized carbons (Fsp3) is 0.286. The van der Waals surface area contributed by atoms with Crippen molar-refractivity contribution in [1.29, 1.82) is 0 Å². The van der Waals surface area contributed by atoms with Crippen LogP contribution < -0.4 is 39.7 Å².